The van der Waals surface area contributed by atoms with Crippen LogP contribution in [0.2, 0.25) is 0 Å². The summed E-state index contributed by atoms with van der Waals surface area (Å²) in [5, 5.41) is 10.2. The number of carbonyl (C=O) groups is 1. The number of fused-ring (bicyclic) bond motifs is 1. The van der Waals surface area contributed by atoms with Crippen molar-refractivity contribution in [3.05, 3.63) is 35.4 Å². The monoisotopic (exact) mass is 245 g/mol. The van der Waals surface area contributed by atoms with E-state index in [1.165, 1.54) is 0 Å². The second kappa shape index (κ2) is 4.84. The van der Waals surface area contributed by atoms with Gasteiger partial charge in [-0.1, -0.05) is 6.08 Å². The maximum Gasteiger partial charge on any atom is 0.227 e. The standard InChI is InChI=1S/C15H19NO2/c1-4-6-12-11-7-8-14(17)16(5-2)13(11)9-10(3)15(12)18/h4,9,18H,1,5-8H2,2-3H3. The molecule has 0 saturated carbocycles. The zero-order valence-electron chi connectivity index (χ0n) is 11.0. The minimum absolute atomic E-state index is 0.166. The van der Waals surface area contributed by atoms with Crippen molar-refractivity contribution in [3.63, 3.8) is 0 Å². The number of carbonyl (C=O) groups excluding carboxylic acids is 1. The van der Waals surface area contributed by atoms with Crippen LogP contribution in [0.15, 0.2) is 18.7 Å². The van der Waals surface area contributed by atoms with Crippen LogP contribution in [-0.4, -0.2) is 17.6 Å². The highest BCUT2D eigenvalue weighted by molar-refractivity contribution is 5.97. The van der Waals surface area contributed by atoms with Gasteiger partial charge in [0.1, 0.15) is 5.75 Å². The van der Waals surface area contributed by atoms with Gasteiger partial charge in [-0.15, -0.1) is 6.58 Å². The van der Waals surface area contributed by atoms with Gasteiger partial charge in [0.15, 0.2) is 0 Å². The van der Waals surface area contributed by atoms with Crippen LogP contribution in [-0.2, 0) is 17.6 Å². The van der Waals surface area contributed by atoms with Crippen molar-refractivity contribution in [2.45, 2.75) is 33.1 Å². The number of aryl methyl sites for hydroxylation is 1. The number of aromatic hydroxyl groups is 1. The predicted molar refractivity (Wildman–Crippen MR) is 73.1 cm³/mol. The molecule has 2 rings (SSSR count). The first-order valence-electron chi connectivity index (χ1n) is 6.35. The molecule has 1 heterocycles. The van der Waals surface area contributed by atoms with Gasteiger partial charge in [-0.3, -0.25) is 4.79 Å². The molecule has 0 radical (unpaired) electrons. The van der Waals surface area contributed by atoms with E-state index >= 15 is 0 Å². The van der Waals surface area contributed by atoms with Gasteiger partial charge < -0.3 is 10.0 Å². The lowest BCUT2D eigenvalue weighted by molar-refractivity contribution is -0.118. The SMILES string of the molecule is C=CCc1c(O)c(C)cc2c1CCC(=O)N2CC. The van der Waals surface area contributed by atoms with Crippen LogP contribution in [0.3, 0.4) is 0 Å². The van der Waals surface area contributed by atoms with E-state index in [-0.39, 0.29) is 5.91 Å². The Morgan fingerprint density at radius 1 is 1.50 bits per heavy atom. The third-order valence-corrected chi connectivity index (χ3v) is 3.53. The summed E-state index contributed by atoms with van der Waals surface area (Å²) in [4.78, 5) is 13.7. The molecule has 0 unspecified atom stereocenters. The summed E-state index contributed by atoms with van der Waals surface area (Å²) in [7, 11) is 0. The minimum Gasteiger partial charge on any atom is -0.507 e. The molecule has 1 aliphatic rings. The van der Waals surface area contributed by atoms with Crippen molar-refractivity contribution in [2.24, 2.45) is 0 Å². The number of anilines is 1. The number of hydrogen-bond donors (Lipinski definition) is 1. The third-order valence-electron chi connectivity index (χ3n) is 3.53. The predicted octanol–water partition coefficient (Wildman–Crippen LogP) is 2.73. The highest BCUT2D eigenvalue weighted by Crippen LogP contribution is 2.38. The van der Waals surface area contributed by atoms with E-state index in [0.717, 1.165) is 22.4 Å². The van der Waals surface area contributed by atoms with E-state index < -0.39 is 0 Å². The summed E-state index contributed by atoms with van der Waals surface area (Å²) in [5.41, 5.74) is 3.80. The van der Waals surface area contributed by atoms with Crippen LogP contribution in [0.1, 0.15) is 30.0 Å². The van der Waals surface area contributed by atoms with Crippen LogP contribution in [0.25, 0.3) is 0 Å². The van der Waals surface area contributed by atoms with Gasteiger partial charge >= 0.3 is 0 Å². The van der Waals surface area contributed by atoms with Crippen molar-refractivity contribution in [1.29, 1.82) is 0 Å². The van der Waals surface area contributed by atoms with E-state index in [1.54, 1.807) is 11.0 Å². The summed E-state index contributed by atoms with van der Waals surface area (Å²) in [5.74, 6) is 0.513. The number of benzene rings is 1. The largest absolute Gasteiger partial charge is 0.507 e. The Morgan fingerprint density at radius 3 is 2.83 bits per heavy atom. The van der Waals surface area contributed by atoms with E-state index in [0.29, 0.717) is 31.6 Å². The average Bonchev–Trinajstić information content (AvgIpc) is 2.35. The maximum atomic E-state index is 11.9. The molecule has 3 heteroatoms. The number of phenolic OH excluding ortho intramolecular Hbond substituents is 1. The topological polar surface area (TPSA) is 40.5 Å². The molecule has 1 aromatic carbocycles. The first-order valence-corrected chi connectivity index (χ1v) is 6.35. The maximum absolute atomic E-state index is 11.9. The fraction of sp³-hybridized carbons (Fsp3) is 0.400. The minimum atomic E-state index is 0.166. The third kappa shape index (κ3) is 1.90. The normalized spacial score (nSPS) is 14.6. The van der Waals surface area contributed by atoms with Crippen molar-refractivity contribution in [3.8, 4) is 5.75 Å². The summed E-state index contributed by atoms with van der Waals surface area (Å²) in [6.45, 7) is 8.25. The number of amides is 1. The number of nitrogens with zero attached hydrogens (tertiary/aromatic N) is 1. The second-order valence-electron chi connectivity index (χ2n) is 4.65. The fourth-order valence-electron chi connectivity index (χ4n) is 2.63. The molecule has 1 aliphatic heterocycles. The van der Waals surface area contributed by atoms with Crippen molar-refractivity contribution in [1.82, 2.24) is 0 Å². The Labute approximate surface area is 108 Å². The van der Waals surface area contributed by atoms with E-state index in [1.807, 2.05) is 19.9 Å². The molecule has 0 spiro atoms. The fourth-order valence-corrected chi connectivity index (χ4v) is 2.63. The van der Waals surface area contributed by atoms with E-state index in [2.05, 4.69) is 6.58 Å². The molecule has 0 aromatic heterocycles. The molecule has 0 saturated heterocycles. The summed E-state index contributed by atoms with van der Waals surface area (Å²) in [6, 6.07) is 1.91. The first kappa shape index (κ1) is 12.7. The summed E-state index contributed by atoms with van der Waals surface area (Å²) in [6.07, 6.45) is 3.66. The van der Waals surface area contributed by atoms with Crippen LogP contribution in [0.5, 0.6) is 5.75 Å². The Hall–Kier alpha value is -1.77. The highest BCUT2D eigenvalue weighted by atomic mass is 16.3. The van der Waals surface area contributed by atoms with Gasteiger partial charge in [-0.05, 0) is 43.9 Å². The summed E-state index contributed by atoms with van der Waals surface area (Å²) >= 11 is 0. The van der Waals surface area contributed by atoms with Crippen LogP contribution >= 0.6 is 0 Å². The Kier molecular flexibility index (Phi) is 3.41. The lowest BCUT2D eigenvalue weighted by Crippen LogP contribution is -2.35. The van der Waals surface area contributed by atoms with Crippen LogP contribution < -0.4 is 4.90 Å². The van der Waals surface area contributed by atoms with Crippen molar-refractivity contribution in [2.75, 3.05) is 11.4 Å². The Balaban J connectivity index is 2.64. The molecule has 0 fully saturated rings. The van der Waals surface area contributed by atoms with Gasteiger partial charge in [0.05, 0.1) is 0 Å². The van der Waals surface area contributed by atoms with Gasteiger partial charge in [0, 0.05) is 24.2 Å². The molecule has 1 N–H and O–H groups in total. The highest BCUT2D eigenvalue weighted by Gasteiger charge is 2.26. The number of phenols is 1. The second-order valence-corrected chi connectivity index (χ2v) is 4.65. The number of hydrogen-bond acceptors (Lipinski definition) is 2. The number of rotatable bonds is 3. The molecule has 3 nitrogen and oxygen atoms in total. The lowest BCUT2D eigenvalue weighted by atomic mass is 9.91. The zero-order valence-corrected chi connectivity index (χ0v) is 11.0. The number of allylic oxidation sites excluding steroid dienone is 1. The molecule has 18 heavy (non-hydrogen) atoms. The lowest BCUT2D eigenvalue weighted by Gasteiger charge is -2.31. The quantitative estimate of drug-likeness (QED) is 0.832. The molecular formula is C15H19NO2. The van der Waals surface area contributed by atoms with E-state index in [4.69, 9.17) is 0 Å². The smallest absolute Gasteiger partial charge is 0.227 e. The van der Waals surface area contributed by atoms with Crippen molar-refractivity contribution < 1.29 is 9.90 Å². The molecule has 96 valence electrons. The van der Waals surface area contributed by atoms with Gasteiger partial charge in [0.25, 0.3) is 0 Å². The van der Waals surface area contributed by atoms with Crippen LogP contribution in [0.4, 0.5) is 5.69 Å². The molecule has 1 aromatic rings. The molecule has 0 aliphatic carbocycles. The zero-order chi connectivity index (χ0) is 13.3. The Morgan fingerprint density at radius 2 is 2.22 bits per heavy atom. The average molecular weight is 245 g/mol. The molecule has 0 atom stereocenters. The van der Waals surface area contributed by atoms with Crippen LogP contribution in [0, 0.1) is 6.92 Å². The molecule has 0 bridgehead atoms. The van der Waals surface area contributed by atoms with Gasteiger partial charge in [-0.2, -0.15) is 0 Å². The van der Waals surface area contributed by atoms with Gasteiger partial charge in [0.2, 0.25) is 5.91 Å². The molecule has 1 amide bonds. The summed E-state index contributed by atoms with van der Waals surface area (Å²) < 4.78 is 0. The molecular weight excluding hydrogens is 226 g/mol. The first-order chi connectivity index (χ1) is 8.60. The van der Waals surface area contributed by atoms with E-state index in [9.17, 15) is 9.90 Å². The Bertz CT molecular complexity index is 506. The van der Waals surface area contributed by atoms with Gasteiger partial charge in [-0.25, -0.2) is 0 Å². The van der Waals surface area contributed by atoms with Crippen molar-refractivity contribution >= 4 is 11.6 Å².